The van der Waals surface area contributed by atoms with Gasteiger partial charge < -0.3 is 4.74 Å². The Morgan fingerprint density at radius 2 is 1.58 bits per heavy atom. The van der Waals surface area contributed by atoms with Crippen LogP contribution in [0, 0.1) is 5.92 Å². The number of ether oxygens (including phenoxy) is 1. The third kappa shape index (κ3) is 3.47. The Balaban J connectivity index is 1.79. The molecule has 0 radical (unpaired) electrons. The SMILES string of the molecule is CC(C)[C@H]1COC(c2ccsc2P(c2ccccc2)c2ccccc2)=N1. The number of hydrogen-bond acceptors (Lipinski definition) is 3. The fourth-order valence-electron chi connectivity index (χ4n) is 3.05. The van der Waals surface area contributed by atoms with Crippen molar-refractivity contribution in [3.63, 3.8) is 0 Å². The molecule has 2 nitrogen and oxygen atoms in total. The second-order valence-electron chi connectivity index (χ2n) is 6.70. The average molecular weight is 379 g/mol. The molecule has 1 aromatic heterocycles. The maximum absolute atomic E-state index is 6.00. The zero-order valence-electron chi connectivity index (χ0n) is 15.0. The standard InChI is InChI=1S/C22H22NOPS/c1-16(2)20-15-24-21(23-20)19-13-14-26-22(19)25(17-9-5-3-6-10-17)18-11-7-4-8-12-18/h3-14,16,20H,15H2,1-2H3/t20-/m1/s1. The van der Waals surface area contributed by atoms with Gasteiger partial charge in [0.15, 0.2) is 0 Å². The zero-order chi connectivity index (χ0) is 17.9. The summed E-state index contributed by atoms with van der Waals surface area (Å²) in [5.41, 5.74) is 1.16. The van der Waals surface area contributed by atoms with E-state index in [4.69, 9.17) is 9.73 Å². The van der Waals surface area contributed by atoms with E-state index in [1.165, 1.54) is 15.2 Å². The molecular formula is C22H22NOPS. The molecule has 0 amide bonds. The highest BCUT2D eigenvalue weighted by atomic mass is 32.1. The van der Waals surface area contributed by atoms with Gasteiger partial charge >= 0.3 is 0 Å². The molecule has 3 aromatic rings. The van der Waals surface area contributed by atoms with E-state index in [0.717, 1.165) is 11.5 Å². The lowest BCUT2D eigenvalue weighted by atomic mass is 10.1. The minimum absolute atomic E-state index is 0.262. The molecule has 0 saturated heterocycles. The van der Waals surface area contributed by atoms with Gasteiger partial charge in [-0.05, 0) is 35.9 Å². The Kier molecular flexibility index (Phi) is 5.19. The molecule has 0 aliphatic carbocycles. The molecule has 0 spiro atoms. The van der Waals surface area contributed by atoms with Gasteiger partial charge in [0, 0.05) is 4.62 Å². The van der Waals surface area contributed by atoms with E-state index in [0.29, 0.717) is 12.5 Å². The summed E-state index contributed by atoms with van der Waals surface area (Å²) in [6.07, 6.45) is 0. The van der Waals surface area contributed by atoms with E-state index in [1.807, 2.05) is 11.3 Å². The van der Waals surface area contributed by atoms with E-state index in [-0.39, 0.29) is 6.04 Å². The van der Waals surface area contributed by atoms with Crippen molar-refractivity contribution in [1.29, 1.82) is 0 Å². The summed E-state index contributed by atoms with van der Waals surface area (Å²) in [5, 5.41) is 4.88. The van der Waals surface area contributed by atoms with E-state index in [2.05, 4.69) is 86.0 Å². The normalized spacial score (nSPS) is 16.8. The van der Waals surface area contributed by atoms with Crippen molar-refractivity contribution in [3.05, 3.63) is 77.7 Å². The molecule has 0 saturated carbocycles. The number of hydrogen-bond donors (Lipinski definition) is 0. The molecule has 4 heteroatoms. The van der Waals surface area contributed by atoms with Crippen LogP contribution in [0.15, 0.2) is 77.1 Å². The van der Waals surface area contributed by atoms with Gasteiger partial charge in [-0.15, -0.1) is 11.3 Å². The highest BCUT2D eigenvalue weighted by molar-refractivity contribution is 7.84. The van der Waals surface area contributed by atoms with Gasteiger partial charge in [-0.2, -0.15) is 0 Å². The fourth-order valence-corrected chi connectivity index (χ4v) is 7.02. The third-order valence-electron chi connectivity index (χ3n) is 4.55. The Hall–Kier alpha value is -1.96. The number of benzene rings is 2. The van der Waals surface area contributed by atoms with Crippen LogP contribution in [0.1, 0.15) is 19.4 Å². The van der Waals surface area contributed by atoms with Crippen molar-refractivity contribution < 1.29 is 4.74 Å². The first-order valence-corrected chi connectivity index (χ1v) is 11.1. The Morgan fingerprint density at radius 3 is 2.12 bits per heavy atom. The second-order valence-corrected chi connectivity index (χ2v) is 10.1. The Labute approximate surface area is 160 Å². The first kappa shape index (κ1) is 17.5. The number of aliphatic imine (C=N–C) groups is 1. The molecule has 1 aliphatic rings. The van der Waals surface area contributed by atoms with Gasteiger partial charge in [-0.1, -0.05) is 74.5 Å². The van der Waals surface area contributed by atoms with E-state index < -0.39 is 7.92 Å². The minimum Gasteiger partial charge on any atom is -0.475 e. The summed E-state index contributed by atoms with van der Waals surface area (Å²) in [5.74, 6) is 1.32. The zero-order valence-corrected chi connectivity index (χ0v) is 16.7. The Bertz CT molecular complexity index is 849. The number of nitrogens with zero attached hydrogens (tertiary/aromatic N) is 1. The molecule has 0 N–H and O–H groups in total. The maximum atomic E-state index is 6.00. The largest absolute Gasteiger partial charge is 0.475 e. The van der Waals surface area contributed by atoms with Gasteiger partial charge in [-0.25, -0.2) is 4.99 Å². The first-order chi connectivity index (χ1) is 12.7. The van der Waals surface area contributed by atoms with Crippen LogP contribution >= 0.6 is 19.3 Å². The first-order valence-electron chi connectivity index (χ1n) is 8.92. The van der Waals surface area contributed by atoms with Crippen LogP contribution in [0.5, 0.6) is 0 Å². The van der Waals surface area contributed by atoms with E-state index >= 15 is 0 Å². The van der Waals surface area contributed by atoms with Crippen molar-refractivity contribution in [3.8, 4) is 0 Å². The molecule has 1 atom stereocenters. The van der Waals surface area contributed by atoms with Crippen LogP contribution in [0.25, 0.3) is 0 Å². The van der Waals surface area contributed by atoms with Crippen LogP contribution < -0.4 is 15.2 Å². The molecular weight excluding hydrogens is 357 g/mol. The second kappa shape index (κ2) is 7.73. The van der Waals surface area contributed by atoms with Gasteiger partial charge in [-0.3, -0.25) is 0 Å². The summed E-state index contributed by atoms with van der Waals surface area (Å²) in [7, 11) is -0.618. The van der Waals surface area contributed by atoms with Crippen molar-refractivity contribution in [1.82, 2.24) is 0 Å². The van der Waals surface area contributed by atoms with Crippen molar-refractivity contribution in [2.24, 2.45) is 10.9 Å². The lowest BCUT2D eigenvalue weighted by molar-refractivity contribution is 0.292. The lowest BCUT2D eigenvalue weighted by Crippen LogP contribution is -2.22. The van der Waals surface area contributed by atoms with E-state index in [1.54, 1.807) is 0 Å². The molecule has 2 heterocycles. The predicted molar refractivity (Wildman–Crippen MR) is 114 cm³/mol. The average Bonchev–Trinajstić information content (AvgIpc) is 3.33. The van der Waals surface area contributed by atoms with Crippen molar-refractivity contribution in [2.75, 3.05) is 6.61 Å². The molecule has 0 unspecified atom stereocenters. The fraction of sp³-hybridized carbons (Fsp3) is 0.227. The molecule has 4 rings (SSSR count). The predicted octanol–water partition coefficient (Wildman–Crippen LogP) is 4.31. The van der Waals surface area contributed by atoms with Gasteiger partial charge in [0.25, 0.3) is 0 Å². The van der Waals surface area contributed by atoms with Gasteiger partial charge in [0.05, 0.1) is 11.6 Å². The molecule has 0 fully saturated rings. The Morgan fingerprint density at radius 1 is 0.962 bits per heavy atom. The highest BCUT2D eigenvalue weighted by Gasteiger charge is 2.28. The monoisotopic (exact) mass is 379 g/mol. The van der Waals surface area contributed by atoms with Crippen LogP contribution in [-0.4, -0.2) is 18.5 Å². The third-order valence-corrected chi connectivity index (χ3v) is 8.41. The van der Waals surface area contributed by atoms with Crippen LogP contribution in [-0.2, 0) is 4.74 Å². The van der Waals surface area contributed by atoms with Crippen molar-refractivity contribution in [2.45, 2.75) is 19.9 Å². The maximum Gasteiger partial charge on any atom is 0.218 e. The molecule has 1 aliphatic heterocycles. The number of rotatable bonds is 5. The molecule has 26 heavy (non-hydrogen) atoms. The number of thiophene rings is 1. The lowest BCUT2D eigenvalue weighted by Gasteiger charge is -2.19. The summed E-state index contributed by atoms with van der Waals surface area (Å²) < 4.78 is 7.36. The summed E-state index contributed by atoms with van der Waals surface area (Å²) >= 11 is 1.81. The summed E-state index contributed by atoms with van der Waals surface area (Å²) in [4.78, 5) is 4.87. The minimum atomic E-state index is -0.618. The van der Waals surface area contributed by atoms with Gasteiger partial charge in [0.1, 0.15) is 6.61 Å². The van der Waals surface area contributed by atoms with E-state index in [9.17, 15) is 0 Å². The molecule has 132 valence electrons. The smallest absolute Gasteiger partial charge is 0.218 e. The molecule has 2 aromatic carbocycles. The topological polar surface area (TPSA) is 21.6 Å². The van der Waals surface area contributed by atoms with Crippen LogP contribution in [0.3, 0.4) is 0 Å². The van der Waals surface area contributed by atoms with Crippen molar-refractivity contribution >= 4 is 40.4 Å². The van der Waals surface area contributed by atoms with Gasteiger partial charge in [0.2, 0.25) is 5.90 Å². The highest BCUT2D eigenvalue weighted by Crippen LogP contribution is 2.37. The summed E-state index contributed by atoms with van der Waals surface area (Å²) in [6, 6.07) is 24.0. The molecule has 0 bridgehead atoms. The summed E-state index contributed by atoms with van der Waals surface area (Å²) in [6.45, 7) is 5.10. The van der Waals surface area contributed by atoms with Crippen LogP contribution in [0.2, 0.25) is 0 Å². The quantitative estimate of drug-likeness (QED) is 0.606. The van der Waals surface area contributed by atoms with Crippen LogP contribution in [0.4, 0.5) is 0 Å².